The molecule has 6 nitrogen and oxygen atoms in total. The number of rotatable bonds is 4. The van der Waals surface area contributed by atoms with Crippen molar-refractivity contribution in [2.45, 2.75) is 6.61 Å². The molecule has 0 spiro atoms. The summed E-state index contributed by atoms with van der Waals surface area (Å²) in [6.07, 6.45) is 0. The van der Waals surface area contributed by atoms with Crippen LogP contribution in [0.25, 0.3) is 21.9 Å². The number of carbonyl (C=O) groups is 2. The van der Waals surface area contributed by atoms with E-state index in [4.69, 9.17) is 14.2 Å². The number of benzene rings is 4. The van der Waals surface area contributed by atoms with E-state index in [9.17, 15) is 9.59 Å². The van der Waals surface area contributed by atoms with E-state index in [2.05, 4.69) is 5.32 Å². The van der Waals surface area contributed by atoms with Crippen LogP contribution in [0.2, 0.25) is 0 Å². The van der Waals surface area contributed by atoms with E-state index in [0.29, 0.717) is 40.5 Å². The number of carbonyl (C=O) groups excluding carboxylic acids is 2. The van der Waals surface area contributed by atoms with Gasteiger partial charge in [0.2, 0.25) is 6.79 Å². The Balaban J connectivity index is 1.47. The number of ether oxygens (including phenoxy) is 3. The smallest absolute Gasteiger partial charge is 0.259 e. The third-order valence-corrected chi connectivity index (χ3v) is 5.73. The second-order valence-electron chi connectivity index (χ2n) is 7.65. The molecule has 0 fully saturated rings. The van der Waals surface area contributed by atoms with Gasteiger partial charge >= 0.3 is 0 Å². The van der Waals surface area contributed by atoms with Crippen LogP contribution in [0.4, 0.5) is 0 Å². The number of hydrogen-bond acceptors (Lipinski definition) is 5. The summed E-state index contributed by atoms with van der Waals surface area (Å²) in [6, 6.07) is 22.8. The van der Waals surface area contributed by atoms with Gasteiger partial charge in [0.25, 0.3) is 11.8 Å². The van der Waals surface area contributed by atoms with Gasteiger partial charge in [-0.2, -0.15) is 0 Å². The fraction of sp³-hybridized carbons (Fsp3) is 0.0769. The first-order valence-electron chi connectivity index (χ1n) is 10.2. The summed E-state index contributed by atoms with van der Waals surface area (Å²) in [5.41, 5.74) is 3.22. The monoisotopic (exact) mass is 423 g/mol. The molecular weight excluding hydrogens is 406 g/mol. The van der Waals surface area contributed by atoms with E-state index in [0.717, 1.165) is 21.9 Å². The normalized spacial score (nSPS) is 13.9. The lowest BCUT2D eigenvalue weighted by Gasteiger charge is -2.14. The molecular formula is C26H17NO5. The first kappa shape index (κ1) is 18.4. The third-order valence-electron chi connectivity index (χ3n) is 5.73. The molecule has 0 aromatic heterocycles. The third kappa shape index (κ3) is 2.88. The van der Waals surface area contributed by atoms with Crippen molar-refractivity contribution in [2.24, 2.45) is 0 Å². The highest BCUT2D eigenvalue weighted by Gasteiger charge is 2.33. The molecule has 6 heteroatoms. The van der Waals surface area contributed by atoms with Crippen LogP contribution >= 0.6 is 0 Å². The maximum absolute atomic E-state index is 12.7. The Morgan fingerprint density at radius 3 is 2.47 bits per heavy atom. The van der Waals surface area contributed by atoms with Crippen molar-refractivity contribution in [1.29, 1.82) is 0 Å². The predicted molar refractivity (Wildman–Crippen MR) is 118 cm³/mol. The molecule has 0 aliphatic carbocycles. The van der Waals surface area contributed by atoms with Gasteiger partial charge < -0.3 is 14.2 Å². The molecule has 2 aliphatic rings. The van der Waals surface area contributed by atoms with Crippen LogP contribution < -0.4 is 19.5 Å². The predicted octanol–water partition coefficient (Wildman–Crippen LogP) is 4.70. The Morgan fingerprint density at radius 2 is 1.66 bits per heavy atom. The molecule has 156 valence electrons. The van der Waals surface area contributed by atoms with Gasteiger partial charge in [-0.25, -0.2) is 0 Å². The Hall–Kier alpha value is -4.32. The highest BCUT2D eigenvalue weighted by molar-refractivity contribution is 6.28. The van der Waals surface area contributed by atoms with E-state index < -0.39 is 11.8 Å². The zero-order valence-corrected chi connectivity index (χ0v) is 16.9. The van der Waals surface area contributed by atoms with Crippen molar-refractivity contribution in [1.82, 2.24) is 5.32 Å². The van der Waals surface area contributed by atoms with E-state index in [1.54, 1.807) is 6.07 Å². The van der Waals surface area contributed by atoms with Crippen LogP contribution in [-0.2, 0) is 6.61 Å². The molecule has 2 amide bonds. The molecule has 32 heavy (non-hydrogen) atoms. The van der Waals surface area contributed by atoms with Crippen molar-refractivity contribution < 1.29 is 23.8 Å². The number of amides is 2. The van der Waals surface area contributed by atoms with Gasteiger partial charge in [0.15, 0.2) is 11.5 Å². The van der Waals surface area contributed by atoms with Crippen molar-refractivity contribution in [3.8, 4) is 28.4 Å². The standard InChI is InChI=1S/C26H17NO5/c28-25-19-12-17-8-11-20-24(32-14-31-20)22(17)21(23(19)26(29)27-25)16-6-9-18(10-7-16)30-13-15-4-2-1-3-5-15/h1-12H,13-14H2,(H,27,28,29). The average Bonchev–Trinajstić information content (AvgIpc) is 3.42. The van der Waals surface area contributed by atoms with Gasteiger partial charge in [-0.1, -0.05) is 48.5 Å². The first-order chi connectivity index (χ1) is 15.7. The van der Waals surface area contributed by atoms with Crippen molar-refractivity contribution in [3.05, 3.63) is 89.5 Å². The maximum Gasteiger partial charge on any atom is 0.259 e. The lowest BCUT2D eigenvalue weighted by Crippen LogP contribution is -2.20. The molecule has 2 aliphatic heterocycles. The van der Waals surface area contributed by atoms with Gasteiger partial charge in [-0.3, -0.25) is 14.9 Å². The van der Waals surface area contributed by atoms with E-state index in [1.807, 2.05) is 66.7 Å². The van der Waals surface area contributed by atoms with Crippen molar-refractivity contribution in [3.63, 3.8) is 0 Å². The summed E-state index contributed by atoms with van der Waals surface area (Å²) in [5.74, 6) is 1.10. The minimum atomic E-state index is -0.414. The van der Waals surface area contributed by atoms with Crippen LogP contribution in [0.1, 0.15) is 26.3 Å². The molecule has 1 N–H and O–H groups in total. The number of fused-ring (bicyclic) bond motifs is 4. The van der Waals surface area contributed by atoms with E-state index >= 15 is 0 Å². The molecule has 0 saturated heterocycles. The van der Waals surface area contributed by atoms with Crippen molar-refractivity contribution in [2.75, 3.05) is 6.79 Å². The Morgan fingerprint density at radius 1 is 0.844 bits per heavy atom. The van der Waals surface area contributed by atoms with Crippen LogP contribution in [0.3, 0.4) is 0 Å². The van der Waals surface area contributed by atoms with Gasteiger partial charge in [-0.05, 0) is 40.8 Å². The average molecular weight is 423 g/mol. The summed E-state index contributed by atoms with van der Waals surface area (Å²) in [4.78, 5) is 25.1. The van der Waals surface area contributed by atoms with Crippen LogP contribution in [-0.4, -0.2) is 18.6 Å². The minimum absolute atomic E-state index is 0.113. The van der Waals surface area contributed by atoms with E-state index in [1.165, 1.54) is 0 Å². The van der Waals surface area contributed by atoms with E-state index in [-0.39, 0.29) is 6.79 Å². The number of hydrogen-bond donors (Lipinski definition) is 1. The van der Waals surface area contributed by atoms with Gasteiger partial charge in [0.05, 0.1) is 11.1 Å². The molecule has 2 heterocycles. The zero-order valence-electron chi connectivity index (χ0n) is 16.9. The largest absolute Gasteiger partial charge is 0.489 e. The molecule has 0 atom stereocenters. The fourth-order valence-corrected chi connectivity index (χ4v) is 4.25. The molecule has 4 aromatic rings. The van der Waals surface area contributed by atoms with Crippen LogP contribution in [0.15, 0.2) is 72.8 Å². The summed E-state index contributed by atoms with van der Waals surface area (Å²) in [5, 5.41) is 3.96. The molecule has 0 saturated carbocycles. The number of nitrogens with one attached hydrogen (secondary N) is 1. The highest BCUT2D eigenvalue weighted by atomic mass is 16.7. The minimum Gasteiger partial charge on any atom is -0.489 e. The van der Waals surface area contributed by atoms with Crippen LogP contribution in [0.5, 0.6) is 17.2 Å². The molecule has 0 unspecified atom stereocenters. The lowest BCUT2D eigenvalue weighted by atomic mass is 9.90. The van der Waals surface area contributed by atoms with Gasteiger partial charge in [0, 0.05) is 10.9 Å². The Labute approximate surface area is 183 Å². The second kappa shape index (κ2) is 7.13. The second-order valence-corrected chi connectivity index (χ2v) is 7.65. The zero-order chi connectivity index (χ0) is 21.7. The van der Waals surface area contributed by atoms with Crippen molar-refractivity contribution >= 4 is 22.6 Å². The Bertz CT molecular complexity index is 1390. The van der Waals surface area contributed by atoms with Crippen LogP contribution in [0, 0.1) is 0 Å². The first-order valence-corrected chi connectivity index (χ1v) is 10.2. The Kier molecular flexibility index (Phi) is 4.11. The summed E-state index contributed by atoms with van der Waals surface area (Å²) < 4.78 is 17.2. The molecule has 0 bridgehead atoms. The summed E-state index contributed by atoms with van der Waals surface area (Å²) in [7, 11) is 0. The molecule has 0 radical (unpaired) electrons. The van der Waals surface area contributed by atoms with Gasteiger partial charge in [-0.15, -0.1) is 0 Å². The molecule has 4 aromatic carbocycles. The highest BCUT2D eigenvalue weighted by Crippen LogP contribution is 2.47. The molecule has 6 rings (SSSR count). The number of imide groups is 1. The fourth-order valence-electron chi connectivity index (χ4n) is 4.25. The lowest BCUT2D eigenvalue weighted by molar-refractivity contribution is 0.0880. The summed E-state index contributed by atoms with van der Waals surface area (Å²) >= 11 is 0. The SMILES string of the molecule is O=C1NC(=O)c2c1cc1ccc3c(c1c2-c1ccc(OCc2ccccc2)cc1)OCO3. The topological polar surface area (TPSA) is 73.9 Å². The maximum atomic E-state index is 12.7. The quantitative estimate of drug-likeness (QED) is 0.482. The summed E-state index contributed by atoms with van der Waals surface area (Å²) in [6.45, 7) is 0.571. The van der Waals surface area contributed by atoms with Gasteiger partial charge in [0.1, 0.15) is 12.4 Å².